The fourth-order valence-corrected chi connectivity index (χ4v) is 2.16. The first-order valence-corrected chi connectivity index (χ1v) is 6.32. The van der Waals surface area contributed by atoms with Gasteiger partial charge in [-0.15, -0.1) is 0 Å². The molecule has 0 aromatic carbocycles. The van der Waals surface area contributed by atoms with E-state index in [2.05, 4.69) is 10.3 Å². The standard InChI is InChI=1S/C12H16N4O4/c1-13-11-10(6-8(7-14-11)16(19)20)12(18)15-4-2-9(17)3-5-15/h6-7,9,17H,2-5H2,1H3,(H,13,14). The van der Waals surface area contributed by atoms with Gasteiger partial charge in [0.15, 0.2) is 0 Å². The van der Waals surface area contributed by atoms with Crippen LogP contribution in [-0.2, 0) is 0 Å². The molecular formula is C12H16N4O4. The van der Waals surface area contributed by atoms with Gasteiger partial charge in [0.05, 0.1) is 16.6 Å². The second-order valence-electron chi connectivity index (χ2n) is 4.62. The van der Waals surface area contributed by atoms with Gasteiger partial charge in [-0.25, -0.2) is 4.98 Å². The molecule has 0 radical (unpaired) electrons. The summed E-state index contributed by atoms with van der Waals surface area (Å²) in [5.41, 5.74) is -0.0394. The van der Waals surface area contributed by atoms with E-state index in [1.165, 1.54) is 6.07 Å². The minimum Gasteiger partial charge on any atom is -0.393 e. The van der Waals surface area contributed by atoms with E-state index < -0.39 is 4.92 Å². The van der Waals surface area contributed by atoms with Gasteiger partial charge in [0, 0.05) is 26.2 Å². The number of likely N-dealkylation sites (tertiary alicyclic amines) is 1. The SMILES string of the molecule is CNc1ncc([N+](=O)[O-])cc1C(=O)N1CCC(O)CC1. The second kappa shape index (κ2) is 5.83. The molecular weight excluding hydrogens is 264 g/mol. The van der Waals surface area contributed by atoms with Crippen molar-refractivity contribution in [1.82, 2.24) is 9.88 Å². The Bertz CT molecular complexity index is 526. The molecule has 1 saturated heterocycles. The lowest BCUT2D eigenvalue weighted by molar-refractivity contribution is -0.385. The zero-order valence-corrected chi connectivity index (χ0v) is 11.1. The van der Waals surface area contributed by atoms with Gasteiger partial charge in [0.1, 0.15) is 12.0 Å². The molecule has 0 bridgehead atoms. The number of aliphatic hydroxyl groups is 1. The van der Waals surface area contributed by atoms with E-state index in [9.17, 15) is 20.0 Å². The molecule has 108 valence electrons. The molecule has 1 aliphatic rings. The first-order chi connectivity index (χ1) is 9.52. The van der Waals surface area contributed by atoms with Crippen molar-refractivity contribution in [3.8, 4) is 0 Å². The average Bonchev–Trinajstić information content (AvgIpc) is 2.46. The molecule has 1 amide bonds. The lowest BCUT2D eigenvalue weighted by Crippen LogP contribution is -2.40. The first kappa shape index (κ1) is 14.2. The highest BCUT2D eigenvalue weighted by atomic mass is 16.6. The van der Waals surface area contributed by atoms with E-state index >= 15 is 0 Å². The Morgan fingerprint density at radius 2 is 2.20 bits per heavy atom. The van der Waals surface area contributed by atoms with E-state index in [4.69, 9.17) is 0 Å². The Hall–Kier alpha value is -2.22. The summed E-state index contributed by atoms with van der Waals surface area (Å²) in [6.07, 6.45) is 1.76. The number of hydrogen-bond donors (Lipinski definition) is 2. The maximum Gasteiger partial charge on any atom is 0.288 e. The third-order valence-corrected chi connectivity index (χ3v) is 3.30. The van der Waals surface area contributed by atoms with Crippen molar-refractivity contribution in [1.29, 1.82) is 0 Å². The zero-order chi connectivity index (χ0) is 14.7. The molecule has 1 aromatic rings. The normalized spacial score (nSPS) is 16.0. The van der Waals surface area contributed by atoms with Crippen molar-refractivity contribution in [2.75, 3.05) is 25.5 Å². The minimum absolute atomic E-state index is 0.179. The molecule has 0 saturated carbocycles. The van der Waals surface area contributed by atoms with Gasteiger partial charge in [-0.05, 0) is 12.8 Å². The molecule has 8 heteroatoms. The molecule has 1 fully saturated rings. The number of carbonyl (C=O) groups excluding carboxylic acids is 1. The summed E-state index contributed by atoms with van der Waals surface area (Å²) in [6.45, 7) is 0.873. The van der Waals surface area contributed by atoms with Crippen LogP contribution in [0.2, 0.25) is 0 Å². The molecule has 2 heterocycles. The van der Waals surface area contributed by atoms with Crippen LogP contribution in [0.1, 0.15) is 23.2 Å². The summed E-state index contributed by atoms with van der Waals surface area (Å²) in [4.78, 5) is 28.1. The summed E-state index contributed by atoms with van der Waals surface area (Å²) in [5.74, 6) is 0.00386. The van der Waals surface area contributed by atoms with Crippen molar-refractivity contribution in [3.05, 3.63) is 27.9 Å². The monoisotopic (exact) mass is 280 g/mol. The topological polar surface area (TPSA) is 109 Å². The molecule has 2 rings (SSSR count). The maximum atomic E-state index is 12.4. The van der Waals surface area contributed by atoms with Gasteiger partial charge >= 0.3 is 0 Å². The van der Waals surface area contributed by atoms with Crippen LogP contribution in [0, 0.1) is 10.1 Å². The van der Waals surface area contributed by atoms with Crippen LogP contribution in [0.15, 0.2) is 12.3 Å². The van der Waals surface area contributed by atoms with Crippen LogP contribution in [0.25, 0.3) is 0 Å². The van der Waals surface area contributed by atoms with Crippen LogP contribution in [0.3, 0.4) is 0 Å². The number of pyridine rings is 1. The Morgan fingerprint density at radius 3 is 2.75 bits per heavy atom. The number of nitrogens with one attached hydrogen (secondary N) is 1. The Kier molecular flexibility index (Phi) is 4.14. The van der Waals surface area contributed by atoms with Crippen LogP contribution >= 0.6 is 0 Å². The van der Waals surface area contributed by atoms with Crippen molar-refractivity contribution >= 4 is 17.4 Å². The van der Waals surface area contributed by atoms with E-state index in [0.717, 1.165) is 6.20 Å². The highest BCUT2D eigenvalue weighted by Crippen LogP contribution is 2.22. The van der Waals surface area contributed by atoms with E-state index in [0.29, 0.717) is 31.7 Å². The van der Waals surface area contributed by atoms with Crippen molar-refractivity contribution in [3.63, 3.8) is 0 Å². The van der Waals surface area contributed by atoms with Crippen molar-refractivity contribution in [2.24, 2.45) is 0 Å². The molecule has 1 aliphatic heterocycles. The second-order valence-corrected chi connectivity index (χ2v) is 4.62. The van der Waals surface area contributed by atoms with Gasteiger partial charge in [0.25, 0.3) is 11.6 Å². The quantitative estimate of drug-likeness (QED) is 0.621. The fourth-order valence-electron chi connectivity index (χ4n) is 2.16. The van der Waals surface area contributed by atoms with Gasteiger partial charge in [0.2, 0.25) is 0 Å². The van der Waals surface area contributed by atoms with Gasteiger partial charge in [-0.3, -0.25) is 14.9 Å². The summed E-state index contributed by atoms with van der Waals surface area (Å²) in [5, 5.41) is 23.0. The molecule has 0 atom stereocenters. The van der Waals surface area contributed by atoms with Crippen LogP contribution in [0.5, 0.6) is 0 Å². The number of piperidine rings is 1. The van der Waals surface area contributed by atoms with E-state index in [1.807, 2.05) is 0 Å². The van der Waals surface area contributed by atoms with Crippen LogP contribution in [0.4, 0.5) is 11.5 Å². The average molecular weight is 280 g/mol. The maximum absolute atomic E-state index is 12.4. The number of nitrogens with zero attached hydrogens (tertiary/aromatic N) is 3. The summed E-state index contributed by atoms with van der Waals surface area (Å²) in [7, 11) is 1.60. The van der Waals surface area contributed by atoms with Crippen molar-refractivity contribution < 1.29 is 14.8 Å². The largest absolute Gasteiger partial charge is 0.393 e. The first-order valence-electron chi connectivity index (χ1n) is 6.32. The molecule has 8 nitrogen and oxygen atoms in total. The zero-order valence-electron chi connectivity index (χ0n) is 11.1. The predicted molar refractivity (Wildman–Crippen MR) is 71.6 cm³/mol. The van der Waals surface area contributed by atoms with Gasteiger partial charge in [-0.2, -0.15) is 0 Å². The van der Waals surface area contributed by atoms with E-state index in [-0.39, 0.29) is 23.3 Å². The van der Waals surface area contributed by atoms with Gasteiger partial charge < -0.3 is 15.3 Å². The number of aromatic nitrogens is 1. The molecule has 2 N–H and O–H groups in total. The smallest absolute Gasteiger partial charge is 0.288 e. The van der Waals surface area contributed by atoms with Crippen LogP contribution < -0.4 is 5.32 Å². The van der Waals surface area contributed by atoms with E-state index in [1.54, 1.807) is 11.9 Å². The molecule has 0 spiro atoms. The number of amides is 1. The highest BCUT2D eigenvalue weighted by molar-refractivity contribution is 5.99. The summed E-state index contributed by atoms with van der Waals surface area (Å²) < 4.78 is 0. The number of aliphatic hydroxyl groups excluding tert-OH is 1. The number of anilines is 1. The third kappa shape index (κ3) is 2.85. The lowest BCUT2D eigenvalue weighted by Gasteiger charge is -2.29. The molecule has 20 heavy (non-hydrogen) atoms. The van der Waals surface area contributed by atoms with Crippen LogP contribution in [-0.4, -0.2) is 52.1 Å². The lowest BCUT2D eigenvalue weighted by atomic mass is 10.1. The predicted octanol–water partition coefficient (Wildman–Crippen LogP) is 0.628. The molecule has 0 aliphatic carbocycles. The molecule has 1 aromatic heterocycles. The Labute approximate surface area is 115 Å². The van der Waals surface area contributed by atoms with Gasteiger partial charge in [-0.1, -0.05) is 0 Å². The van der Waals surface area contributed by atoms with Crippen molar-refractivity contribution in [2.45, 2.75) is 18.9 Å². The Balaban J connectivity index is 2.27. The fraction of sp³-hybridized carbons (Fsp3) is 0.500. The Morgan fingerprint density at radius 1 is 1.55 bits per heavy atom. The minimum atomic E-state index is -0.580. The summed E-state index contributed by atoms with van der Waals surface area (Å²) >= 11 is 0. The summed E-state index contributed by atoms with van der Waals surface area (Å²) in [6, 6.07) is 1.23. The third-order valence-electron chi connectivity index (χ3n) is 3.30. The number of carbonyl (C=O) groups is 1. The number of hydrogen-bond acceptors (Lipinski definition) is 6. The highest BCUT2D eigenvalue weighted by Gasteiger charge is 2.26. The number of rotatable bonds is 3. The number of nitro groups is 1. The molecule has 0 unspecified atom stereocenters.